The first kappa shape index (κ1) is 16.2. The Balaban J connectivity index is 2.49. The number of hydrogen-bond donors (Lipinski definition) is 1. The standard InChI is InChI=1S/C14H21NO5/c1-4-5-6-19-9-13(16)15(3)8-11-7-12(14(17)18)10(2)20-11/h7H,4-6,8-9H2,1-3H3,(H,17,18). The Kier molecular flexibility index (Phi) is 6.24. The van der Waals surface area contributed by atoms with Gasteiger partial charge in [-0.25, -0.2) is 4.79 Å². The Hall–Kier alpha value is -1.82. The third kappa shape index (κ3) is 4.70. The molecule has 1 amide bonds. The number of carboxylic acids is 1. The molecule has 0 aliphatic carbocycles. The number of ether oxygens (including phenoxy) is 1. The van der Waals surface area contributed by atoms with Gasteiger partial charge in [0.2, 0.25) is 5.91 Å². The summed E-state index contributed by atoms with van der Waals surface area (Å²) in [6, 6.07) is 1.44. The minimum Gasteiger partial charge on any atom is -0.478 e. The highest BCUT2D eigenvalue weighted by Gasteiger charge is 2.16. The molecule has 1 N–H and O–H groups in total. The average molecular weight is 283 g/mol. The van der Waals surface area contributed by atoms with Gasteiger partial charge in [0.15, 0.2) is 0 Å². The van der Waals surface area contributed by atoms with Crippen LogP contribution in [0, 0.1) is 6.92 Å². The number of hydrogen-bond acceptors (Lipinski definition) is 4. The van der Waals surface area contributed by atoms with Crippen molar-refractivity contribution >= 4 is 11.9 Å². The van der Waals surface area contributed by atoms with E-state index >= 15 is 0 Å². The predicted octanol–water partition coefficient (Wildman–Crippen LogP) is 2.06. The van der Waals surface area contributed by atoms with E-state index in [1.165, 1.54) is 11.0 Å². The van der Waals surface area contributed by atoms with Crippen LogP contribution < -0.4 is 0 Å². The molecule has 6 heteroatoms. The molecule has 1 rings (SSSR count). The van der Waals surface area contributed by atoms with Crippen molar-refractivity contribution in [3.63, 3.8) is 0 Å². The fraction of sp³-hybridized carbons (Fsp3) is 0.571. The van der Waals surface area contributed by atoms with Crippen LogP contribution in [0.1, 0.15) is 41.6 Å². The first-order valence-electron chi connectivity index (χ1n) is 6.60. The van der Waals surface area contributed by atoms with Gasteiger partial charge in [0.25, 0.3) is 0 Å². The average Bonchev–Trinajstić information content (AvgIpc) is 2.75. The van der Waals surface area contributed by atoms with Gasteiger partial charge >= 0.3 is 5.97 Å². The maximum absolute atomic E-state index is 11.8. The molecule has 6 nitrogen and oxygen atoms in total. The number of carbonyl (C=O) groups is 2. The van der Waals surface area contributed by atoms with E-state index in [-0.39, 0.29) is 24.6 Å². The number of likely N-dealkylation sites (N-methyl/N-ethyl adjacent to an activating group) is 1. The van der Waals surface area contributed by atoms with Crippen LogP contribution in [0.25, 0.3) is 0 Å². The summed E-state index contributed by atoms with van der Waals surface area (Å²) in [4.78, 5) is 24.1. The molecule has 0 aromatic carbocycles. The molecule has 0 saturated heterocycles. The Bertz CT molecular complexity index is 466. The van der Waals surface area contributed by atoms with E-state index < -0.39 is 5.97 Å². The van der Waals surface area contributed by atoms with Crippen LogP contribution in [0.2, 0.25) is 0 Å². The lowest BCUT2D eigenvalue weighted by Crippen LogP contribution is -2.29. The largest absolute Gasteiger partial charge is 0.478 e. The fourth-order valence-electron chi connectivity index (χ4n) is 1.67. The van der Waals surface area contributed by atoms with Gasteiger partial charge in [-0.1, -0.05) is 13.3 Å². The zero-order chi connectivity index (χ0) is 15.1. The van der Waals surface area contributed by atoms with E-state index in [2.05, 4.69) is 6.92 Å². The van der Waals surface area contributed by atoms with Crippen molar-refractivity contribution in [2.75, 3.05) is 20.3 Å². The Morgan fingerprint density at radius 1 is 1.45 bits per heavy atom. The minimum atomic E-state index is -1.03. The quantitative estimate of drug-likeness (QED) is 0.739. The van der Waals surface area contributed by atoms with Crippen molar-refractivity contribution < 1.29 is 23.8 Å². The summed E-state index contributed by atoms with van der Waals surface area (Å²) in [7, 11) is 1.63. The summed E-state index contributed by atoms with van der Waals surface area (Å²) in [5.41, 5.74) is 0.125. The number of nitrogens with zero attached hydrogens (tertiary/aromatic N) is 1. The van der Waals surface area contributed by atoms with Gasteiger partial charge in [0.1, 0.15) is 23.7 Å². The Morgan fingerprint density at radius 2 is 2.15 bits per heavy atom. The van der Waals surface area contributed by atoms with E-state index in [4.69, 9.17) is 14.3 Å². The highest BCUT2D eigenvalue weighted by molar-refractivity contribution is 5.88. The van der Waals surface area contributed by atoms with Crippen LogP contribution >= 0.6 is 0 Å². The minimum absolute atomic E-state index is 0.0297. The van der Waals surface area contributed by atoms with E-state index in [1.54, 1.807) is 14.0 Å². The molecule has 1 heterocycles. The number of furan rings is 1. The molecule has 0 aliphatic heterocycles. The van der Waals surface area contributed by atoms with Crippen molar-refractivity contribution in [2.45, 2.75) is 33.2 Å². The topological polar surface area (TPSA) is 80.0 Å². The second kappa shape index (κ2) is 7.69. The van der Waals surface area contributed by atoms with Crippen LogP contribution in [0.5, 0.6) is 0 Å². The van der Waals surface area contributed by atoms with E-state index in [9.17, 15) is 9.59 Å². The van der Waals surface area contributed by atoms with Crippen LogP contribution in [-0.2, 0) is 16.1 Å². The maximum atomic E-state index is 11.8. The smallest absolute Gasteiger partial charge is 0.339 e. The summed E-state index contributed by atoms with van der Waals surface area (Å²) < 4.78 is 10.6. The predicted molar refractivity (Wildman–Crippen MR) is 72.6 cm³/mol. The molecule has 0 aliphatic rings. The van der Waals surface area contributed by atoms with Gasteiger partial charge < -0.3 is 19.2 Å². The van der Waals surface area contributed by atoms with Crippen LogP contribution in [0.15, 0.2) is 10.5 Å². The second-order valence-electron chi connectivity index (χ2n) is 4.64. The maximum Gasteiger partial charge on any atom is 0.339 e. The van der Waals surface area contributed by atoms with Gasteiger partial charge in [-0.3, -0.25) is 4.79 Å². The zero-order valence-corrected chi connectivity index (χ0v) is 12.1. The van der Waals surface area contributed by atoms with Gasteiger partial charge in [0.05, 0.1) is 6.54 Å². The molecule has 0 saturated carbocycles. The first-order valence-corrected chi connectivity index (χ1v) is 6.60. The molecular formula is C14H21NO5. The first-order chi connectivity index (χ1) is 9.45. The molecule has 1 aromatic rings. The SMILES string of the molecule is CCCCOCC(=O)N(C)Cc1cc(C(=O)O)c(C)o1. The monoisotopic (exact) mass is 283 g/mol. The van der Waals surface area contributed by atoms with Gasteiger partial charge in [-0.05, 0) is 19.4 Å². The lowest BCUT2D eigenvalue weighted by atomic mass is 10.2. The normalized spacial score (nSPS) is 10.6. The Morgan fingerprint density at radius 3 is 2.70 bits per heavy atom. The molecule has 0 radical (unpaired) electrons. The molecule has 0 fully saturated rings. The number of carbonyl (C=O) groups excluding carboxylic acids is 1. The number of aryl methyl sites for hydroxylation is 1. The number of rotatable bonds is 8. The van der Waals surface area contributed by atoms with Crippen LogP contribution in [0.4, 0.5) is 0 Å². The third-order valence-electron chi connectivity index (χ3n) is 2.89. The van der Waals surface area contributed by atoms with Crippen molar-refractivity contribution in [3.05, 3.63) is 23.2 Å². The van der Waals surface area contributed by atoms with Crippen molar-refractivity contribution in [1.82, 2.24) is 4.90 Å². The van der Waals surface area contributed by atoms with E-state index in [0.29, 0.717) is 18.1 Å². The Labute approximate surface area is 118 Å². The van der Waals surface area contributed by atoms with Crippen LogP contribution in [-0.4, -0.2) is 42.1 Å². The number of carboxylic acid groups (broad SMARTS) is 1. The highest BCUT2D eigenvalue weighted by Crippen LogP contribution is 2.16. The van der Waals surface area contributed by atoms with E-state index in [0.717, 1.165) is 12.8 Å². The molecular weight excluding hydrogens is 262 g/mol. The molecule has 20 heavy (non-hydrogen) atoms. The molecule has 112 valence electrons. The number of aromatic carboxylic acids is 1. The summed E-state index contributed by atoms with van der Waals surface area (Å²) in [5.74, 6) is -0.404. The lowest BCUT2D eigenvalue weighted by molar-refractivity contribution is -0.135. The van der Waals surface area contributed by atoms with Crippen molar-refractivity contribution in [3.8, 4) is 0 Å². The van der Waals surface area contributed by atoms with Gasteiger partial charge in [-0.2, -0.15) is 0 Å². The molecule has 1 aromatic heterocycles. The third-order valence-corrected chi connectivity index (χ3v) is 2.89. The molecule has 0 atom stereocenters. The van der Waals surface area contributed by atoms with Crippen LogP contribution in [0.3, 0.4) is 0 Å². The fourth-order valence-corrected chi connectivity index (χ4v) is 1.67. The molecule has 0 spiro atoms. The lowest BCUT2D eigenvalue weighted by Gasteiger charge is -2.15. The zero-order valence-electron chi connectivity index (χ0n) is 12.1. The number of unbranched alkanes of at least 4 members (excludes halogenated alkanes) is 1. The summed E-state index contributed by atoms with van der Waals surface area (Å²) >= 11 is 0. The van der Waals surface area contributed by atoms with Gasteiger partial charge in [-0.15, -0.1) is 0 Å². The van der Waals surface area contributed by atoms with E-state index in [1.807, 2.05) is 0 Å². The molecule has 0 bridgehead atoms. The van der Waals surface area contributed by atoms with Gasteiger partial charge in [0, 0.05) is 13.7 Å². The summed E-state index contributed by atoms with van der Waals surface area (Å²) in [6.07, 6.45) is 1.95. The summed E-state index contributed by atoms with van der Waals surface area (Å²) in [5, 5.41) is 8.93. The molecule has 0 unspecified atom stereocenters. The highest BCUT2D eigenvalue weighted by atomic mass is 16.5. The second-order valence-corrected chi connectivity index (χ2v) is 4.64. The van der Waals surface area contributed by atoms with Crippen molar-refractivity contribution in [1.29, 1.82) is 0 Å². The number of amides is 1. The summed E-state index contributed by atoms with van der Waals surface area (Å²) in [6.45, 7) is 4.46. The van der Waals surface area contributed by atoms with Crippen molar-refractivity contribution in [2.24, 2.45) is 0 Å².